The lowest BCUT2D eigenvalue weighted by Gasteiger charge is -2.32. The second-order valence-electron chi connectivity index (χ2n) is 4.66. The number of esters is 1. The predicted octanol–water partition coefficient (Wildman–Crippen LogP) is 2.29. The SMILES string of the molecule is CO[C@@H]1CCCC[C@@H]1OC(=O)C1CCC1. The van der Waals surface area contributed by atoms with Gasteiger partial charge in [0.25, 0.3) is 0 Å². The van der Waals surface area contributed by atoms with E-state index in [2.05, 4.69) is 0 Å². The highest BCUT2D eigenvalue weighted by molar-refractivity contribution is 5.73. The highest BCUT2D eigenvalue weighted by atomic mass is 16.6. The van der Waals surface area contributed by atoms with E-state index in [0.29, 0.717) is 0 Å². The van der Waals surface area contributed by atoms with Gasteiger partial charge in [0.05, 0.1) is 12.0 Å². The monoisotopic (exact) mass is 212 g/mol. The highest BCUT2D eigenvalue weighted by Gasteiger charge is 2.33. The van der Waals surface area contributed by atoms with Crippen LogP contribution in [-0.2, 0) is 14.3 Å². The van der Waals surface area contributed by atoms with Gasteiger partial charge >= 0.3 is 5.97 Å². The summed E-state index contributed by atoms with van der Waals surface area (Å²) in [4.78, 5) is 11.7. The first-order valence-corrected chi connectivity index (χ1v) is 6.04. The molecule has 0 bridgehead atoms. The Hall–Kier alpha value is -0.570. The summed E-state index contributed by atoms with van der Waals surface area (Å²) >= 11 is 0. The molecule has 2 aliphatic rings. The van der Waals surface area contributed by atoms with E-state index in [1.54, 1.807) is 7.11 Å². The fourth-order valence-corrected chi connectivity index (χ4v) is 2.36. The van der Waals surface area contributed by atoms with Crippen LogP contribution in [0.2, 0.25) is 0 Å². The van der Waals surface area contributed by atoms with Crippen LogP contribution in [0.5, 0.6) is 0 Å². The maximum atomic E-state index is 11.7. The minimum Gasteiger partial charge on any atom is -0.459 e. The van der Waals surface area contributed by atoms with Gasteiger partial charge in [-0.15, -0.1) is 0 Å². The molecule has 3 heteroatoms. The second-order valence-corrected chi connectivity index (χ2v) is 4.66. The van der Waals surface area contributed by atoms with Gasteiger partial charge in [0.1, 0.15) is 6.10 Å². The molecule has 0 radical (unpaired) electrons. The normalized spacial score (nSPS) is 32.1. The molecule has 0 aromatic carbocycles. The van der Waals surface area contributed by atoms with E-state index in [4.69, 9.17) is 9.47 Å². The van der Waals surface area contributed by atoms with Crippen LogP contribution in [0.4, 0.5) is 0 Å². The second kappa shape index (κ2) is 4.97. The molecule has 0 spiro atoms. The lowest BCUT2D eigenvalue weighted by atomic mass is 9.85. The smallest absolute Gasteiger partial charge is 0.309 e. The van der Waals surface area contributed by atoms with E-state index in [-0.39, 0.29) is 24.1 Å². The average Bonchev–Trinajstić information content (AvgIpc) is 2.15. The maximum absolute atomic E-state index is 11.7. The van der Waals surface area contributed by atoms with Crippen molar-refractivity contribution in [3.63, 3.8) is 0 Å². The largest absolute Gasteiger partial charge is 0.459 e. The molecule has 15 heavy (non-hydrogen) atoms. The standard InChI is InChI=1S/C12H20O3/c1-14-10-7-2-3-8-11(10)15-12(13)9-5-4-6-9/h9-11H,2-8H2,1H3/t10-,11+/m1/s1. The van der Waals surface area contributed by atoms with Crippen molar-refractivity contribution in [1.82, 2.24) is 0 Å². The Morgan fingerprint density at radius 2 is 1.67 bits per heavy atom. The van der Waals surface area contributed by atoms with Crippen LogP contribution in [0.3, 0.4) is 0 Å². The fourth-order valence-electron chi connectivity index (χ4n) is 2.36. The van der Waals surface area contributed by atoms with Crippen LogP contribution in [0.1, 0.15) is 44.9 Å². The van der Waals surface area contributed by atoms with Crippen molar-refractivity contribution in [2.75, 3.05) is 7.11 Å². The molecule has 2 fully saturated rings. The molecule has 2 saturated carbocycles. The topological polar surface area (TPSA) is 35.5 Å². The van der Waals surface area contributed by atoms with Gasteiger partial charge in [-0.2, -0.15) is 0 Å². The van der Waals surface area contributed by atoms with E-state index < -0.39 is 0 Å². The molecule has 0 heterocycles. The maximum Gasteiger partial charge on any atom is 0.309 e. The number of rotatable bonds is 3. The Labute approximate surface area is 91.1 Å². The van der Waals surface area contributed by atoms with Crippen molar-refractivity contribution in [1.29, 1.82) is 0 Å². The zero-order valence-corrected chi connectivity index (χ0v) is 9.41. The zero-order valence-electron chi connectivity index (χ0n) is 9.41. The molecule has 2 atom stereocenters. The minimum absolute atomic E-state index is 0.00944. The molecular weight excluding hydrogens is 192 g/mol. The Balaban J connectivity index is 1.82. The summed E-state index contributed by atoms with van der Waals surface area (Å²) in [5, 5.41) is 0. The van der Waals surface area contributed by atoms with Crippen LogP contribution >= 0.6 is 0 Å². The summed E-state index contributed by atoms with van der Waals surface area (Å²) in [7, 11) is 1.71. The van der Waals surface area contributed by atoms with Gasteiger partial charge in [0.15, 0.2) is 0 Å². The molecule has 0 unspecified atom stereocenters. The first-order valence-electron chi connectivity index (χ1n) is 6.04. The third-order valence-corrected chi connectivity index (χ3v) is 3.65. The van der Waals surface area contributed by atoms with Crippen LogP contribution in [-0.4, -0.2) is 25.3 Å². The zero-order chi connectivity index (χ0) is 10.7. The van der Waals surface area contributed by atoms with E-state index in [1.807, 2.05) is 0 Å². The lowest BCUT2D eigenvalue weighted by molar-refractivity contribution is -0.167. The molecular formula is C12H20O3. The third kappa shape index (κ3) is 2.51. The van der Waals surface area contributed by atoms with Crippen molar-refractivity contribution < 1.29 is 14.3 Å². The number of hydrogen-bond acceptors (Lipinski definition) is 3. The van der Waals surface area contributed by atoms with E-state index in [9.17, 15) is 4.79 Å². The number of carbonyl (C=O) groups is 1. The fraction of sp³-hybridized carbons (Fsp3) is 0.917. The van der Waals surface area contributed by atoms with Crippen LogP contribution in [0.25, 0.3) is 0 Å². The molecule has 0 aromatic rings. The van der Waals surface area contributed by atoms with Gasteiger partial charge in [-0.25, -0.2) is 0 Å². The van der Waals surface area contributed by atoms with Crippen LogP contribution in [0, 0.1) is 5.92 Å². The minimum atomic E-state index is 0.00944. The van der Waals surface area contributed by atoms with Crippen molar-refractivity contribution in [2.45, 2.75) is 57.2 Å². The van der Waals surface area contributed by atoms with Gasteiger partial charge in [-0.1, -0.05) is 12.8 Å². The summed E-state index contributed by atoms with van der Waals surface area (Å²) in [6.45, 7) is 0. The Kier molecular flexibility index (Phi) is 3.62. The molecule has 2 aliphatic carbocycles. The van der Waals surface area contributed by atoms with Crippen LogP contribution < -0.4 is 0 Å². The Morgan fingerprint density at radius 3 is 2.20 bits per heavy atom. The summed E-state index contributed by atoms with van der Waals surface area (Å²) in [5.74, 6) is 0.194. The number of methoxy groups -OCH3 is 1. The Bertz CT molecular complexity index is 223. The van der Waals surface area contributed by atoms with Crippen molar-refractivity contribution in [2.24, 2.45) is 5.92 Å². The van der Waals surface area contributed by atoms with Crippen LogP contribution in [0.15, 0.2) is 0 Å². The number of ether oxygens (including phenoxy) is 2. The molecule has 0 amide bonds. The van der Waals surface area contributed by atoms with Gasteiger partial charge < -0.3 is 9.47 Å². The summed E-state index contributed by atoms with van der Waals surface area (Å²) in [6.07, 6.45) is 7.69. The highest BCUT2D eigenvalue weighted by Crippen LogP contribution is 2.30. The summed E-state index contributed by atoms with van der Waals surface area (Å²) < 4.78 is 10.9. The van der Waals surface area contributed by atoms with Gasteiger partial charge in [-0.3, -0.25) is 4.79 Å². The molecule has 3 nitrogen and oxygen atoms in total. The molecule has 86 valence electrons. The summed E-state index contributed by atoms with van der Waals surface area (Å²) in [6, 6.07) is 0. The number of carbonyl (C=O) groups excluding carboxylic acids is 1. The van der Waals surface area contributed by atoms with Crippen molar-refractivity contribution in [3.8, 4) is 0 Å². The average molecular weight is 212 g/mol. The van der Waals surface area contributed by atoms with Gasteiger partial charge in [0, 0.05) is 7.11 Å². The lowest BCUT2D eigenvalue weighted by Crippen LogP contribution is -2.38. The van der Waals surface area contributed by atoms with E-state index in [0.717, 1.165) is 32.1 Å². The van der Waals surface area contributed by atoms with Gasteiger partial charge in [-0.05, 0) is 32.1 Å². The van der Waals surface area contributed by atoms with E-state index >= 15 is 0 Å². The molecule has 2 rings (SSSR count). The predicted molar refractivity (Wildman–Crippen MR) is 56.5 cm³/mol. The first-order chi connectivity index (χ1) is 7.31. The third-order valence-electron chi connectivity index (χ3n) is 3.65. The van der Waals surface area contributed by atoms with Gasteiger partial charge in [0.2, 0.25) is 0 Å². The molecule has 0 aliphatic heterocycles. The first kappa shape index (κ1) is 10.9. The summed E-state index contributed by atoms with van der Waals surface area (Å²) in [5.41, 5.74) is 0. The Morgan fingerprint density at radius 1 is 1.00 bits per heavy atom. The molecule has 0 saturated heterocycles. The number of hydrogen-bond donors (Lipinski definition) is 0. The van der Waals surface area contributed by atoms with E-state index in [1.165, 1.54) is 12.8 Å². The molecule has 0 N–H and O–H groups in total. The van der Waals surface area contributed by atoms with Crippen molar-refractivity contribution >= 4 is 5.97 Å². The quantitative estimate of drug-likeness (QED) is 0.673. The van der Waals surface area contributed by atoms with Crippen molar-refractivity contribution in [3.05, 3.63) is 0 Å². The molecule has 0 aromatic heterocycles.